The number of nitrogens with one attached hydrogen (secondary N) is 3. The molecule has 0 saturated carbocycles. The fourth-order valence-electron chi connectivity index (χ4n) is 5.76. The number of carboxylic acid groups (broad SMARTS) is 1. The Morgan fingerprint density at radius 2 is 1.52 bits per heavy atom. The molecule has 4 N–H and O–H groups in total. The van der Waals surface area contributed by atoms with Crippen LogP contribution in [0, 0.1) is 11.3 Å². The molecule has 14 heteroatoms. The summed E-state index contributed by atoms with van der Waals surface area (Å²) < 4.78 is 0. The van der Waals surface area contributed by atoms with Gasteiger partial charge in [-0.1, -0.05) is 84.9 Å². The van der Waals surface area contributed by atoms with Crippen molar-refractivity contribution in [2.75, 3.05) is 14.1 Å². The van der Waals surface area contributed by atoms with Gasteiger partial charge in [-0.25, -0.2) is 9.59 Å². The minimum atomic E-state index is -1.49. The number of hydrogen-bond donors (Lipinski definition) is 4. The molecule has 0 radical (unpaired) electrons. The summed E-state index contributed by atoms with van der Waals surface area (Å²) in [6.45, 7) is 14.7. The van der Waals surface area contributed by atoms with E-state index in [1.165, 1.54) is 11.8 Å². The van der Waals surface area contributed by atoms with Gasteiger partial charge in [0.2, 0.25) is 17.7 Å². The monoisotopic (exact) mass is 699 g/mol. The number of rotatable bonds is 16. The Morgan fingerprint density at radius 1 is 0.960 bits per heavy atom. The number of carboxylic acids is 1. The lowest BCUT2D eigenvalue weighted by Gasteiger charge is -2.40. The zero-order valence-corrected chi connectivity index (χ0v) is 30.8. The van der Waals surface area contributed by atoms with Crippen molar-refractivity contribution in [1.82, 2.24) is 25.9 Å². The van der Waals surface area contributed by atoms with Gasteiger partial charge in [-0.15, -0.1) is 5.06 Å². The Labute approximate surface area is 294 Å². The molecule has 1 aliphatic rings. The van der Waals surface area contributed by atoms with E-state index in [-0.39, 0.29) is 42.6 Å². The standard InChI is InChI=1S/C36H53N5O9/c1-21(2)25(20-22(3)31(45)38-24(34(48)49)16-19-28(44)50-41-26(42)17-18-27(41)43)40(10)33(47)30(35(4,5)6)39-32(46)29(37-9)36(7,8)23-14-12-11-13-15-23/h11-15,20-21,24-25,29-30,37H,16-19H2,1-10H3,(H,38,45)(H,39,46)(H,48,49)/b22-20+/t24-,25-,29-,30-/m1/s1. The molecule has 14 nitrogen and oxygen atoms in total. The third-order valence-electron chi connectivity index (χ3n) is 8.89. The van der Waals surface area contributed by atoms with Gasteiger partial charge in [0.05, 0.1) is 18.5 Å². The average Bonchev–Trinajstić information content (AvgIpc) is 3.35. The van der Waals surface area contributed by atoms with Crippen molar-refractivity contribution in [3.8, 4) is 0 Å². The van der Waals surface area contributed by atoms with Crippen LogP contribution in [0.5, 0.6) is 0 Å². The summed E-state index contributed by atoms with van der Waals surface area (Å²) in [6, 6.07) is 5.89. The number of carbonyl (C=O) groups is 7. The predicted octanol–water partition coefficient (Wildman–Crippen LogP) is 2.47. The highest BCUT2D eigenvalue weighted by atomic mass is 16.7. The molecule has 276 valence electrons. The number of carbonyl (C=O) groups excluding carboxylic acids is 6. The SMILES string of the molecule is CN[C@H](C(=O)N[C@H](C(=O)N(C)[C@H](/C=C(\C)C(=O)N[C@H](CCC(=O)ON1C(=O)CCC1=O)C(=O)O)C(C)C)C(C)(C)C)C(C)(C)c1ccccc1. The highest BCUT2D eigenvalue weighted by molar-refractivity contribution is 6.01. The first-order chi connectivity index (χ1) is 23.1. The molecule has 0 unspecified atom stereocenters. The first-order valence-corrected chi connectivity index (χ1v) is 16.7. The highest BCUT2D eigenvalue weighted by Gasteiger charge is 2.42. The fraction of sp³-hybridized carbons (Fsp3) is 0.583. The quantitative estimate of drug-likeness (QED) is 0.147. The van der Waals surface area contributed by atoms with Gasteiger partial charge < -0.3 is 30.8 Å². The van der Waals surface area contributed by atoms with Crippen molar-refractivity contribution in [1.29, 1.82) is 0 Å². The molecule has 1 fully saturated rings. The first-order valence-electron chi connectivity index (χ1n) is 16.7. The van der Waals surface area contributed by atoms with Gasteiger partial charge in [0.25, 0.3) is 11.8 Å². The number of nitrogens with zero attached hydrogens (tertiary/aromatic N) is 2. The minimum absolute atomic E-state index is 0.0842. The first kappa shape index (κ1) is 41.6. The third kappa shape index (κ3) is 10.7. The zero-order valence-electron chi connectivity index (χ0n) is 30.8. The van der Waals surface area contributed by atoms with Crippen molar-refractivity contribution in [2.24, 2.45) is 11.3 Å². The van der Waals surface area contributed by atoms with Crippen LogP contribution in [0.15, 0.2) is 42.0 Å². The maximum atomic E-state index is 14.1. The van der Waals surface area contributed by atoms with Crippen molar-refractivity contribution < 1.29 is 43.5 Å². The van der Waals surface area contributed by atoms with Crippen LogP contribution >= 0.6 is 0 Å². The lowest BCUT2D eigenvalue weighted by Crippen LogP contribution is -2.61. The molecular formula is C36H53N5O9. The summed E-state index contributed by atoms with van der Waals surface area (Å²) >= 11 is 0. The van der Waals surface area contributed by atoms with Crippen molar-refractivity contribution in [3.63, 3.8) is 0 Å². The Kier molecular flexibility index (Phi) is 14.4. The van der Waals surface area contributed by atoms with Crippen LogP contribution in [-0.4, -0.2) is 94.8 Å². The lowest BCUT2D eigenvalue weighted by atomic mass is 9.76. The fourth-order valence-corrected chi connectivity index (χ4v) is 5.76. The molecular weight excluding hydrogens is 646 g/mol. The smallest absolute Gasteiger partial charge is 0.333 e. The summed E-state index contributed by atoms with van der Waals surface area (Å²) in [7, 11) is 3.28. The number of benzene rings is 1. The van der Waals surface area contributed by atoms with Crippen LogP contribution in [0.25, 0.3) is 0 Å². The van der Waals surface area contributed by atoms with Gasteiger partial charge >= 0.3 is 11.9 Å². The molecule has 0 bridgehead atoms. The lowest BCUT2D eigenvalue weighted by molar-refractivity contribution is -0.197. The van der Waals surface area contributed by atoms with E-state index in [0.717, 1.165) is 5.56 Å². The molecule has 1 aromatic rings. The largest absolute Gasteiger partial charge is 0.480 e. The van der Waals surface area contributed by atoms with Crippen molar-refractivity contribution in [2.45, 2.75) is 111 Å². The Morgan fingerprint density at radius 3 is 2.00 bits per heavy atom. The summed E-state index contributed by atoms with van der Waals surface area (Å²) in [5.74, 6) is -5.38. The average molecular weight is 700 g/mol. The van der Waals surface area contributed by atoms with E-state index in [1.807, 2.05) is 78.8 Å². The number of likely N-dealkylation sites (N-methyl/N-ethyl adjacent to an activating group) is 2. The Hall–Kier alpha value is -4.59. The van der Waals surface area contributed by atoms with E-state index in [4.69, 9.17) is 4.84 Å². The van der Waals surface area contributed by atoms with Crippen LogP contribution in [0.2, 0.25) is 0 Å². The molecule has 5 amide bonds. The minimum Gasteiger partial charge on any atom is -0.480 e. The zero-order chi connectivity index (χ0) is 38.1. The second-order valence-electron chi connectivity index (χ2n) is 14.6. The van der Waals surface area contributed by atoms with Gasteiger partial charge in [0.1, 0.15) is 12.1 Å². The number of aliphatic carboxylic acids is 1. The molecule has 1 aliphatic heterocycles. The number of hydrogen-bond acceptors (Lipinski definition) is 9. The summed E-state index contributed by atoms with van der Waals surface area (Å²) in [4.78, 5) is 94.8. The van der Waals surface area contributed by atoms with Gasteiger partial charge in [-0.05, 0) is 37.3 Å². The molecule has 4 atom stereocenters. The maximum absolute atomic E-state index is 14.1. The van der Waals surface area contributed by atoms with Gasteiger partial charge in [0, 0.05) is 30.9 Å². The Bertz CT molecular complexity index is 1450. The van der Waals surface area contributed by atoms with E-state index in [9.17, 15) is 38.7 Å². The molecule has 0 spiro atoms. The maximum Gasteiger partial charge on any atom is 0.333 e. The van der Waals surface area contributed by atoms with Gasteiger partial charge in [0.15, 0.2) is 0 Å². The van der Waals surface area contributed by atoms with E-state index in [1.54, 1.807) is 20.2 Å². The molecule has 0 aromatic heterocycles. The van der Waals surface area contributed by atoms with Crippen molar-refractivity contribution >= 4 is 41.5 Å². The molecule has 1 aromatic carbocycles. The second kappa shape index (κ2) is 17.4. The normalized spacial score (nSPS) is 16.4. The van der Waals surface area contributed by atoms with Crippen LogP contribution < -0.4 is 16.0 Å². The van der Waals surface area contributed by atoms with Crippen LogP contribution in [0.1, 0.15) is 86.6 Å². The van der Waals surface area contributed by atoms with Crippen LogP contribution in [0.3, 0.4) is 0 Å². The van der Waals surface area contributed by atoms with Gasteiger partial charge in [-0.3, -0.25) is 24.0 Å². The van der Waals surface area contributed by atoms with Gasteiger partial charge in [-0.2, -0.15) is 0 Å². The summed E-state index contributed by atoms with van der Waals surface area (Å²) in [5.41, 5.74) is -0.240. The summed E-state index contributed by atoms with van der Waals surface area (Å²) in [6.07, 6.45) is 0.543. The number of hydroxylamine groups is 2. The molecule has 1 saturated heterocycles. The van der Waals surface area contributed by atoms with Crippen LogP contribution in [-0.2, 0) is 43.8 Å². The topological polar surface area (TPSA) is 192 Å². The van der Waals surface area contributed by atoms with E-state index < -0.39 is 71.1 Å². The van der Waals surface area contributed by atoms with E-state index in [2.05, 4.69) is 16.0 Å². The number of amides is 5. The molecule has 50 heavy (non-hydrogen) atoms. The molecule has 2 rings (SSSR count). The second-order valence-corrected chi connectivity index (χ2v) is 14.6. The van der Waals surface area contributed by atoms with Crippen LogP contribution in [0.4, 0.5) is 0 Å². The highest BCUT2D eigenvalue weighted by Crippen LogP contribution is 2.29. The molecule has 1 heterocycles. The van der Waals surface area contributed by atoms with E-state index in [0.29, 0.717) is 5.06 Å². The summed E-state index contributed by atoms with van der Waals surface area (Å²) in [5, 5.41) is 18.6. The predicted molar refractivity (Wildman–Crippen MR) is 185 cm³/mol. The molecule has 0 aliphatic carbocycles. The Balaban J connectivity index is 2.21. The van der Waals surface area contributed by atoms with Crippen molar-refractivity contribution in [3.05, 3.63) is 47.5 Å². The van der Waals surface area contributed by atoms with E-state index >= 15 is 0 Å². The number of imide groups is 1. The third-order valence-corrected chi connectivity index (χ3v) is 8.89.